The van der Waals surface area contributed by atoms with E-state index in [2.05, 4.69) is 25.2 Å². The van der Waals surface area contributed by atoms with Crippen molar-refractivity contribution in [3.8, 4) is 5.75 Å². The number of anilines is 1. The molecule has 15 heavy (non-hydrogen) atoms. The zero-order valence-corrected chi connectivity index (χ0v) is 9.53. The molecular formula is C10H13N2O2S+. The van der Waals surface area contributed by atoms with Crippen LogP contribution in [0.25, 0.3) is 0 Å². The number of aryl methyl sites for hydroxylation is 1. The Labute approximate surface area is 94.3 Å². The molecule has 0 fully saturated rings. The van der Waals surface area contributed by atoms with Crippen molar-refractivity contribution in [1.82, 2.24) is 0 Å². The fourth-order valence-electron chi connectivity index (χ4n) is 1.37. The Bertz CT molecular complexity index is 391. The van der Waals surface area contributed by atoms with Crippen LogP contribution in [-0.4, -0.2) is 12.3 Å². The van der Waals surface area contributed by atoms with E-state index >= 15 is 0 Å². The number of pyridine rings is 1. The first kappa shape index (κ1) is 11.5. The third-order valence-corrected chi connectivity index (χ3v) is 2.11. The van der Waals surface area contributed by atoms with Gasteiger partial charge in [0.05, 0.1) is 7.05 Å². The number of hydrogen-bond donors (Lipinski definition) is 2. The molecule has 0 aliphatic heterocycles. The molecule has 0 radical (unpaired) electrons. The van der Waals surface area contributed by atoms with E-state index < -0.39 is 0 Å². The molecule has 5 heteroatoms. The average molecular weight is 225 g/mol. The van der Waals surface area contributed by atoms with E-state index in [4.69, 9.17) is 4.18 Å². The summed E-state index contributed by atoms with van der Waals surface area (Å²) >= 11 is 3.66. The van der Waals surface area contributed by atoms with Gasteiger partial charge < -0.3 is 9.39 Å². The van der Waals surface area contributed by atoms with E-state index in [9.17, 15) is 5.21 Å². The molecule has 1 rings (SSSR count). The number of hydrogen-bond acceptors (Lipinski definition) is 4. The maximum atomic E-state index is 9.69. The van der Waals surface area contributed by atoms with Crippen molar-refractivity contribution in [1.29, 1.82) is 0 Å². The smallest absolute Gasteiger partial charge is 0.324 e. The highest BCUT2D eigenvalue weighted by atomic mass is 32.1. The zero-order valence-electron chi connectivity index (χ0n) is 8.64. The van der Waals surface area contributed by atoms with Crippen LogP contribution in [0.1, 0.15) is 5.56 Å². The van der Waals surface area contributed by atoms with Crippen molar-refractivity contribution in [3.63, 3.8) is 0 Å². The Morgan fingerprint density at radius 1 is 1.73 bits per heavy atom. The van der Waals surface area contributed by atoms with Gasteiger partial charge in [0.25, 0.3) is 0 Å². The van der Waals surface area contributed by atoms with Crippen molar-refractivity contribution in [3.05, 3.63) is 36.3 Å². The molecule has 0 saturated carbocycles. The zero-order chi connectivity index (χ0) is 11.4. The van der Waals surface area contributed by atoms with Crippen LogP contribution in [0, 0.1) is 6.92 Å². The molecule has 4 nitrogen and oxygen atoms in total. The van der Waals surface area contributed by atoms with Crippen molar-refractivity contribution in [2.45, 2.75) is 6.92 Å². The van der Waals surface area contributed by atoms with Crippen LogP contribution in [0.4, 0.5) is 5.82 Å². The van der Waals surface area contributed by atoms with Gasteiger partial charge in [0, 0.05) is 18.5 Å². The minimum atomic E-state index is 0.470. The van der Waals surface area contributed by atoms with Crippen molar-refractivity contribution >= 4 is 18.7 Å². The monoisotopic (exact) mass is 225 g/mol. The maximum absolute atomic E-state index is 9.69. The van der Waals surface area contributed by atoms with Crippen LogP contribution in [-0.2, 0) is 0 Å². The Morgan fingerprint density at radius 3 is 2.87 bits per heavy atom. The van der Waals surface area contributed by atoms with Crippen molar-refractivity contribution < 1.29 is 14.1 Å². The summed E-state index contributed by atoms with van der Waals surface area (Å²) in [6.07, 6.45) is 3.04. The fourth-order valence-corrected chi connectivity index (χ4v) is 1.47. The highest BCUT2D eigenvalue weighted by molar-refractivity contribution is 7.75. The summed E-state index contributed by atoms with van der Waals surface area (Å²) in [7, 11) is 1.79. The second-order valence-corrected chi connectivity index (χ2v) is 3.24. The predicted octanol–water partition coefficient (Wildman–Crippen LogP) is 1.48. The molecule has 0 atom stereocenters. The first-order valence-corrected chi connectivity index (χ1v) is 4.62. The van der Waals surface area contributed by atoms with Crippen molar-refractivity contribution in [2.75, 3.05) is 11.9 Å². The minimum absolute atomic E-state index is 0.470. The molecular weight excluding hydrogens is 212 g/mol. The van der Waals surface area contributed by atoms with Crippen LogP contribution in [0.15, 0.2) is 30.8 Å². The molecule has 0 aliphatic carbocycles. The molecule has 0 amide bonds. The van der Waals surface area contributed by atoms with Gasteiger partial charge in [-0.3, -0.25) is 0 Å². The summed E-state index contributed by atoms with van der Waals surface area (Å²) in [6.45, 7) is 5.32. The van der Waals surface area contributed by atoms with Gasteiger partial charge in [-0.1, -0.05) is 12.3 Å². The normalized spacial score (nSPS) is 9.27. The minimum Gasteiger partial charge on any atom is -0.425 e. The lowest BCUT2D eigenvalue weighted by Crippen LogP contribution is -2.37. The number of thiol groups is 1. The Balaban J connectivity index is 3.24. The lowest BCUT2D eigenvalue weighted by atomic mass is 10.2. The summed E-state index contributed by atoms with van der Waals surface area (Å²) in [4.78, 5) is 1.70. The van der Waals surface area contributed by atoms with Crippen LogP contribution in [0.2, 0.25) is 0 Å². The Hall–Kier alpha value is -1.58. The summed E-state index contributed by atoms with van der Waals surface area (Å²) < 4.78 is 5.69. The highest BCUT2D eigenvalue weighted by Crippen LogP contribution is 2.19. The number of rotatable bonds is 3. The maximum Gasteiger partial charge on any atom is 0.324 e. The van der Waals surface area contributed by atoms with Crippen molar-refractivity contribution in [2.24, 2.45) is 0 Å². The van der Waals surface area contributed by atoms with E-state index in [0.717, 1.165) is 10.3 Å². The SMILES string of the molecule is C=C=CN(C)c1c(C)cc(OS)c[n+]1O. The standard InChI is InChI=1S/C10H12N2O2S/c1-4-5-11(3)10-8(2)6-9(14-15)7-12(10)13/h5-7H,1H2,2-3H3,(H-,13,15)/p+1. The van der Waals surface area contributed by atoms with Gasteiger partial charge in [0.15, 0.2) is 11.9 Å². The molecule has 0 spiro atoms. The van der Waals surface area contributed by atoms with Crippen LogP contribution < -0.4 is 13.8 Å². The van der Waals surface area contributed by atoms with E-state index in [1.807, 2.05) is 6.92 Å². The van der Waals surface area contributed by atoms with Gasteiger partial charge >= 0.3 is 5.82 Å². The molecule has 1 aromatic heterocycles. The Kier molecular flexibility index (Phi) is 3.66. The molecule has 0 aromatic carbocycles. The summed E-state index contributed by atoms with van der Waals surface area (Å²) in [5.74, 6) is 1.08. The molecule has 80 valence electrons. The van der Waals surface area contributed by atoms with Gasteiger partial charge in [0.1, 0.15) is 6.20 Å². The summed E-state index contributed by atoms with van der Waals surface area (Å²) in [5, 5.41) is 9.69. The molecule has 0 unspecified atom stereocenters. The quantitative estimate of drug-likeness (QED) is 0.269. The molecule has 0 aliphatic rings. The first-order valence-electron chi connectivity index (χ1n) is 4.26. The lowest BCUT2D eigenvalue weighted by molar-refractivity contribution is -0.894. The van der Waals surface area contributed by atoms with Crippen LogP contribution in [0.5, 0.6) is 5.75 Å². The Morgan fingerprint density at radius 2 is 2.40 bits per heavy atom. The largest absolute Gasteiger partial charge is 0.425 e. The molecule has 1 N–H and O–H groups in total. The molecule has 0 saturated heterocycles. The topological polar surface area (TPSA) is 36.6 Å². The van der Waals surface area contributed by atoms with E-state index in [1.54, 1.807) is 24.2 Å². The van der Waals surface area contributed by atoms with E-state index in [1.165, 1.54) is 6.20 Å². The molecule has 0 bridgehead atoms. The second-order valence-electron chi connectivity index (χ2n) is 3.06. The van der Waals surface area contributed by atoms with Gasteiger partial charge in [-0.25, -0.2) is 4.90 Å². The lowest BCUT2D eigenvalue weighted by Gasteiger charge is -2.09. The summed E-state index contributed by atoms with van der Waals surface area (Å²) in [5.41, 5.74) is 3.47. The third-order valence-electron chi connectivity index (χ3n) is 1.90. The van der Waals surface area contributed by atoms with Crippen LogP contribution in [0.3, 0.4) is 0 Å². The third kappa shape index (κ3) is 2.46. The van der Waals surface area contributed by atoms with E-state index in [-0.39, 0.29) is 0 Å². The predicted molar refractivity (Wildman–Crippen MR) is 60.3 cm³/mol. The van der Waals surface area contributed by atoms with Crippen LogP contribution >= 0.6 is 12.9 Å². The van der Waals surface area contributed by atoms with Gasteiger partial charge in [-0.05, 0) is 17.7 Å². The number of nitrogens with zero attached hydrogens (tertiary/aromatic N) is 2. The second kappa shape index (κ2) is 4.77. The fraction of sp³-hybridized carbons (Fsp3) is 0.200. The van der Waals surface area contributed by atoms with Gasteiger partial charge in [0.2, 0.25) is 0 Å². The van der Waals surface area contributed by atoms with E-state index in [0.29, 0.717) is 11.6 Å². The molecule has 1 aromatic rings. The average Bonchev–Trinajstić information content (AvgIpc) is 2.16. The first-order chi connectivity index (χ1) is 7.10. The number of aromatic nitrogens is 1. The van der Waals surface area contributed by atoms with Gasteiger partial charge in [-0.15, -0.1) is 0 Å². The highest BCUT2D eigenvalue weighted by Gasteiger charge is 2.18. The van der Waals surface area contributed by atoms with Gasteiger partial charge in [-0.2, -0.15) is 0 Å². The summed E-state index contributed by atoms with van der Waals surface area (Å²) in [6, 6.07) is 1.77. The molecule has 1 heterocycles.